The van der Waals surface area contributed by atoms with Crippen LogP contribution in [0.15, 0.2) is 0 Å². The first-order valence-electron chi connectivity index (χ1n) is 10.0. The first-order valence-corrected chi connectivity index (χ1v) is 10.0. The van der Waals surface area contributed by atoms with E-state index >= 15 is 0 Å². The normalized spacial score (nSPS) is 22.3. The minimum atomic E-state index is -0.216. The maximum atomic E-state index is 6.42. The quantitative estimate of drug-likeness (QED) is 0.308. The zero-order chi connectivity index (χ0) is 17.6. The van der Waals surface area contributed by atoms with Crippen molar-refractivity contribution in [1.82, 2.24) is 0 Å². The Morgan fingerprint density at radius 1 is 0.696 bits per heavy atom. The lowest BCUT2D eigenvalue weighted by atomic mass is 9.54. The van der Waals surface area contributed by atoms with Crippen molar-refractivity contribution in [2.45, 2.75) is 129 Å². The van der Waals surface area contributed by atoms with Crippen molar-refractivity contribution in [3.05, 3.63) is 0 Å². The molecule has 0 aromatic rings. The summed E-state index contributed by atoms with van der Waals surface area (Å²) in [6.45, 7) is 15.6. The molecule has 23 heavy (non-hydrogen) atoms. The minimum absolute atomic E-state index is 0.0597. The molecule has 0 aromatic carbocycles. The maximum absolute atomic E-state index is 6.42. The molecule has 0 aromatic heterocycles. The van der Waals surface area contributed by atoms with Crippen LogP contribution in [0.5, 0.6) is 0 Å². The summed E-state index contributed by atoms with van der Waals surface area (Å²) in [6, 6.07) is 0. The van der Waals surface area contributed by atoms with Crippen LogP contribution < -0.4 is 0 Å². The van der Waals surface area contributed by atoms with Gasteiger partial charge >= 0.3 is 7.12 Å². The van der Waals surface area contributed by atoms with E-state index in [1.54, 1.807) is 0 Å². The van der Waals surface area contributed by atoms with Crippen molar-refractivity contribution in [2.75, 3.05) is 0 Å². The van der Waals surface area contributed by atoms with Crippen molar-refractivity contribution >= 4 is 7.12 Å². The first kappa shape index (κ1) is 21.0. The van der Waals surface area contributed by atoms with Crippen LogP contribution in [0.3, 0.4) is 0 Å². The third-order valence-electron chi connectivity index (χ3n) is 6.03. The van der Waals surface area contributed by atoms with E-state index in [9.17, 15) is 0 Å². The van der Waals surface area contributed by atoms with Gasteiger partial charge in [-0.15, -0.1) is 0 Å². The fraction of sp³-hybridized carbons (Fsp3) is 1.00. The molecule has 1 rings (SSSR count). The van der Waals surface area contributed by atoms with E-state index in [1.165, 1.54) is 64.2 Å². The van der Waals surface area contributed by atoms with Gasteiger partial charge in [-0.2, -0.15) is 0 Å². The number of hydrogen-bond donors (Lipinski definition) is 0. The minimum Gasteiger partial charge on any atom is -0.403 e. The molecule has 0 bridgehead atoms. The fourth-order valence-corrected chi connectivity index (χ4v) is 3.40. The zero-order valence-corrected chi connectivity index (χ0v) is 17.0. The second-order valence-corrected chi connectivity index (χ2v) is 8.86. The number of hydrogen-bond acceptors (Lipinski definition) is 2. The predicted octanol–water partition coefficient (Wildman–Crippen LogP) is 6.78. The summed E-state index contributed by atoms with van der Waals surface area (Å²) >= 11 is 0. The molecule has 1 unspecified atom stereocenters. The Morgan fingerprint density at radius 3 is 1.57 bits per heavy atom. The molecular weight excluding hydrogens is 283 g/mol. The Bertz CT molecular complexity index is 325. The van der Waals surface area contributed by atoms with Gasteiger partial charge in [0.05, 0.1) is 11.2 Å². The Morgan fingerprint density at radius 2 is 1.09 bits per heavy atom. The lowest BCUT2D eigenvalue weighted by Gasteiger charge is -2.32. The topological polar surface area (TPSA) is 18.5 Å². The van der Waals surface area contributed by atoms with Crippen molar-refractivity contribution in [3.8, 4) is 0 Å². The van der Waals surface area contributed by atoms with E-state index < -0.39 is 0 Å². The van der Waals surface area contributed by atoms with Crippen LogP contribution >= 0.6 is 0 Å². The molecular formula is C20H41BO2. The van der Waals surface area contributed by atoms with E-state index in [0.717, 1.165) is 0 Å². The third-order valence-corrected chi connectivity index (χ3v) is 6.03. The fourth-order valence-electron chi connectivity index (χ4n) is 3.40. The first-order chi connectivity index (χ1) is 10.7. The summed E-state index contributed by atoms with van der Waals surface area (Å²) in [4.78, 5) is 0. The van der Waals surface area contributed by atoms with Gasteiger partial charge in [-0.3, -0.25) is 0 Å². The summed E-state index contributed by atoms with van der Waals surface area (Å²) < 4.78 is 12.8. The Balaban J connectivity index is 2.67. The Hall–Kier alpha value is -0.0151. The lowest BCUT2D eigenvalue weighted by Crippen LogP contribution is -2.41. The van der Waals surface area contributed by atoms with Gasteiger partial charge in [0.1, 0.15) is 0 Å². The molecule has 136 valence electrons. The van der Waals surface area contributed by atoms with E-state index in [-0.39, 0.29) is 23.6 Å². The highest BCUT2D eigenvalue weighted by atomic mass is 16.7. The van der Waals surface area contributed by atoms with Gasteiger partial charge in [-0.05, 0) is 40.5 Å². The van der Waals surface area contributed by atoms with E-state index in [2.05, 4.69) is 48.5 Å². The summed E-state index contributed by atoms with van der Waals surface area (Å²) in [7, 11) is -0.0597. The molecule has 2 nitrogen and oxygen atoms in total. The molecule has 0 saturated carbocycles. The van der Waals surface area contributed by atoms with E-state index in [0.29, 0.717) is 0 Å². The maximum Gasteiger partial charge on any atom is 0.464 e. The third kappa shape index (κ3) is 5.78. The average Bonchev–Trinajstić information content (AvgIpc) is 2.68. The van der Waals surface area contributed by atoms with Crippen LogP contribution in [-0.2, 0) is 9.31 Å². The predicted molar refractivity (Wildman–Crippen MR) is 102 cm³/mol. The van der Waals surface area contributed by atoms with Crippen LogP contribution in [0, 0.1) is 0 Å². The summed E-state index contributed by atoms with van der Waals surface area (Å²) in [6.07, 6.45) is 13.0. The molecule has 1 aliphatic rings. The van der Waals surface area contributed by atoms with Gasteiger partial charge in [0.15, 0.2) is 0 Å². The molecule has 0 radical (unpaired) electrons. The number of unbranched alkanes of at least 4 members (excludes halogenated alkanes) is 6. The Labute approximate surface area is 146 Å². The van der Waals surface area contributed by atoms with Crippen molar-refractivity contribution in [3.63, 3.8) is 0 Å². The van der Waals surface area contributed by atoms with Crippen LogP contribution in [0.1, 0.15) is 113 Å². The highest BCUT2D eigenvalue weighted by Gasteiger charge is 2.57. The van der Waals surface area contributed by atoms with Gasteiger partial charge in [0.2, 0.25) is 0 Å². The standard InChI is InChI=1S/C20H41BO2/c1-8-10-12-13-15-17-20(7,16-14-11-9-2)21-22-18(3,4)19(5,6)23-21/h8-17H2,1-7H3. The molecule has 0 N–H and O–H groups in total. The van der Waals surface area contributed by atoms with Crippen molar-refractivity contribution < 1.29 is 9.31 Å². The van der Waals surface area contributed by atoms with Crippen molar-refractivity contribution in [2.24, 2.45) is 0 Å². The molecule has 1 heterocycles. The van der Waals surface area contributed by atoms with Crippen LogP contribution in [0.4, 0.5) is 0 Å². The monoisotopic (exact) mass is 324 g/mol. The summed E-state index contributed by atoms with van der Waals surface area (Å²) in [5.74, 6) is 0. The molecule has 0 aliphatic carbocycles. The molecule has 0 amide bonds. The van der Waals surface area contributed by atoms with Gasteiger partial charge in [-0.25, -0.2) is 0 Å². The molecule has 3 heteroatoms. The van der Waals surface area contributed by atoms with Gasteiger partial charge in [0, 0.05) is 5.31 Å². The second-order valence-electron chi connectivity index (χ2n) is 8.86. The summed E-state index contributed by atoms with van der Waals surface area (Å²) in [5.41, 5.74) is -0.433. The molecule has 1 fully saturated rings. The second kappa shape index (κ2) is 8.90. The zero-order valence-electron chi connectivity index (χ0n) is 17.0. The Kier molecular flexibility index (Phi) is 8.14. The number of rotatable bonds is 11. The van der Waals surface area contributed by atoms with Gasteiger partial charge in [-0.1, -0.05) is 72.1 Å². The van der Waals surface area contributed by atoms with Crippen LogP contribution in [0.25, 0.3) is 0 Å². The SMILES string of the molecule is CCCCCCCC(C)(CCCCC)B1OC(C)(C)C(C)(C)O1. The van der Waals surface area contributed by atoms with Crippen LogP contribution in [0.2, 0.25) is 5.31 Å². The summed E-state index contributed by atoms with van der Waals surface area (Å²) in [5, 5.41) is 0.145. The largest absolute Gasteiger partial charge is 0.464 e. The lowest BCUT2D eigenvalue weighted by molar-refractivity contribution is 0.00578. The van der Waals surface area contributed by atoms with E-state index in [4.69, 9.17) is 9.31 Å². The molecule has 1 aliphatic heterocycles. The smallest absolute Gasteiger partial charge is 0.403 e. The molecule has 1 saturated heterocycles. The molecule has 0 spiro atoms. The molecule has 1 atom stereocenters. The average molecular weight is 324 g/mol. The van der Waals surface area contributed by atoms with E-state index in [1.807, 2.05) is 0 Å². The van der Waals surface area contributed by atoms with Crippen molar-refractivity contribution in [1.29, 1.82) is 0 Å². The van der Waals surface area contributed by atoms with Gasteiger partial charge in [0.25, 0.3) is 0 Å². The van der Waals surface area contributed by atoms with Crippen LogP contribution in [-0.4, -0.2) is 18.3 Å². The highest BCUT2D eigenvalue weighted by molar-refractivity contribution is 6.49. The van der Waals surface area contributed by atoms with Gasteiger partial charge < -0.3 is 9.31 Å². The highest BCUT2D eigenvalue weighted by Crippen LogP contribution is 2.50.